The average molecular weight is 350 g/mol. The molecule has 1 aromatic heterocycles. The van der Waals surface area contributed by atoms with Crippen LogP contribution in [0.3, 0.4) is 0 Å². The van der Waals surface area contributed by atoms with Gasteiger partial charge in [0.05, 0.1) is 16.7 Å². The van der Waals surface area contributed by atoms with E-state index in [1.54, 1.807) is 36.8 Å². The first kappa shape index (κ1) is 18.2. The van der Waals surface area contributed by atoms with Gasteiger partial charge >= 0.3 is 0 Å². The normalized spacial score (nSPS) is 14.3. The smallest absolute Gasteiger partial charge is 0.118 e. The molecule has 0 aliphatic heterocycles. The molecule has 124 valence electrons. The number of pyridine rings is 1. The molecule has 0 fully saturated rings. The lowest BCUT2D eigenvalue weighted by Gasteiger charge is -2.29. The molecule has 2 aromatic rings. The van der Waals surface area contributed by atoms with E-state index >= 15 is 0 Å². The fourth-order valence-corrected chi connectivity index (χ4v) is 5.14. The van der Waals surface area contributed by atoms with E-state index in [-0.39, 0.29) is 9.33 Å². The zero-order valence-electron chi connectivity index (χ0n) is 13.9. The van der Waals surface area contributed by atoms with Crippen molar-refractivity contribution < 1.29 is 9.84 Å². The van der Waals surface area contributed by atoms with Crippen LogP contribution in [0.5, 0.6) is 5.75 Å². The fourth-order valence-electron chi connectivity index (χ4n) is 2.00. The Morgan fingerprint density at radius 1 is 1.09 bits per heavy atom. The van der Waals surface area contributed by atoms with Crippen molar-refractivity contribution in [3.63, 3.8) is 0 Å². The van der Waals surface area contributed by atoms with Crippen LogP contribution >= 0.6 is 23.5 Å². The quantitative estimate of drug-likeness (QED) is 0.601. The summed E-state index contributed by atoms with van der Waals surface area (Å²) < 4.78 is 5.18. The average Bonchev–Trinajstić information content (AvgIpc) is 2.53. The number of aromatic nitrogens is 1. The molecule has 0 radical (unpaired) electrons. The summed E-state index contributed by atoms with van der Waals surface area (Å²) in [6.07, 6.45) is 1.19. The number of nitrogens with zero attached hydrogens (tertiary/aromatic N) is 1. The molecule has 0 unspecified atom stereocenters. The first-order valence-electron chi connectivity index (χ1n) is 7.46. The van der Waals surface area contributed by atoms with Gasteiger partial charge in [-0.2, -0.15) is 0 Å². The summed E-state index contributed by atoms with van der Waals surface area (Å²) in [5.41, 5.74) is 0.885. The first-order valence-corrected chi connectivity index (χ1v) is 9.22. The lowest BCUT2D eigenvalue weighted by atomic mass is 10.1. The zero-order chi connectivity index (χ0) is 16.9. The van der Waals surface area contributed by atoms with Crippen molar-refractivity contribution in [2.24, 2.45) is 0 Å². The van der Waals surface area contributed by atoms with Crippen LogP contribution in [0.2, 0.25) is 0 Å². The van der Waals surface area contributed by atoms with E-state index in [0.29, 0.717) is 0 Å². The minimum Gasteiger partial charge on any atom is -0.497 e. The van der Waals surface area contributed by atoms with Crippen molar-refractivity contribution in [2.75, 3.05) is 7.11 Å². The maximum atomic E-state index is 10.9. The van der Waals surface area contributed by atoms with Crippen LogP contribution in [0, 0.1) is 0 Å². The van der Waals surface area contributed by atoms with Gasteiger partial charge in [0.2, 0.25) is 0 Å². The number of thioether (sulfide) groups is 2. The second kappa shape index (κ2) is 8.08. The van der Waals surface area contributed by atoms with E-state index in [1.165, 1.54) is 0 Å². The molecule has 23 heavy (non-hydrogen) atoms. The molecule has 1 aromatic carbocycles. The molecule has 2 rings (SSSR count). The Balaban J connectivity index is 2.20. The van der Waals surface area contributed by atoms with Crippen LogP contribution < -0.4 is 4.74 Å². The van der Waals surface area contributed by atoms with Gasteiger partial charge in [0, 0.05) is 10.9 Å². The summed E-state index contributed by atoms with van der Waals surface area (Å²) in [5.74, 6) is 0.790. The number of hydrogen-bond acceptors (Lipinski definition) is 5. The molecule has 2 atom stereocenters. The lowest BCUT2D eigenvalue weighted by Crippen LogP contribution is -2.19. The topological polar surface area (TPSA) is 42.4 Å². The largest absolute Gasteiger partial charge is 0.497 e. The maximum absolute atomic E-state index is 10.9. The Morgan fingerprint density at radius 3 is 2.30 bits per heavy atom. The molecule has 0 aliphatic carbocycles. The molecule has 0 aliphatic rings. The molecule has 0 spiro atoms. The molecule has 1 heterocycles. The Hall–Kier alpha value is -1.17. The Labute approximate surface area is 146 Å². The molecule has 5 heteroatoms. The van der Waals surface area contributed by atoms with Crippen LogP contribution in [0.15, 0.2) is 53.7 Å². The number of methoxy groups -OCH3 is 1. The standard InChI is InChI=1S/C18H23NO2S2/c1-18(2,3)23-17(22-15-7-5-6-12-19-15)16(20)13-8-10-14(21-4)11-9-13/h5-12,16-17,20H,1-4H3/t16-,17+/m0/s1. The molecule has 1 N–H and O–H groups in total. The number of hydrogen-bond donors (Lipinski definition) is 1. The Bertz CT molecular complexity index is 597. The molecule has 3 nitrogen and oxygen atoms in total. The van der Waals surface area contributed by atoms with E-state index in [9.17, 15) is 5.11 Å². The van der Waals surface area contributed by atoms with E-state index in [1.807, 2.05) is 42.5 Å². The van der Waals surface area contributed by atoms with Crippen LogP contribution in [-0.4, -0.2) is 26.5 Å². The van der Waals surface area contributed by atoms with Crippen molar-refractivity contribution in [2.45, 2.75) is 41.2 Å². The number of aliphatic hydroxyl groups is 1. The van der Waals surface area contributed by atoms with Crippen molar-refractivity contribution in [3.05, 3.63) is 54.2 Å². The van der Waals surface area contributed by atoms with Crippen LogP contribution in [0.4, 0.5) is 0 Å². The minimum absolute atomic E-state index is 0.0416. The monoisotopic (exact) mass is 349 g/mol. The Kier molecular flexibility index (Phi) is 6.39. The summed E-state index contributed by atoms with van der Waals surface area (Å²) in [6.45, 7) is 6.47. The second-order valence-electron chi connectivity index (χ2n) is 6.10. The zero-order valence-corrected chi connectivity index (χ0v) is 15.5. The number of ether oxygens (including phenoxy) is 1. The van der Waals surface area contributed by atoms with Crippen molar-refractivity contribution in [3.8, 4) is 5.75 Å². The third-order valence-corrected chi connectivity index (χ3v) is 5.81. The van der Waals surface area contributed by atoms with Gasteiger partial charge in [-0.25, -0.2) is 4.98 Å². The SMILES string of the molecule is COc1ccc([C@H](O)[C@H](Sc2ccccn2)SC(C)(C)C)cc1. The molecule has 0 amide bonds. The number of rotatable bonds is 6. The summed E-state index contributed by atoms with van der Waals surface area (Å²) in [5, 5.41) is 11.8. The molecule has 0 bridgehead atoms. The number of benzene rings is 1. The van der Waals surface area contributed by atoms with E-state index < -0.39 is 6.10 Å². The highest BCUT2D eigenvalue weighted by Crippen LogP contribution is 2.44. The van der Waals surface area contributed by atoms with Gasteiger partial charge in [0.1, 0.15) is 11.9 Å². The third kappa shape index (κ3) is 5.75. The van der Waals surface area contributed by atoms with Gasteiger partial charge in [-0.05, 0) is 29.8 Å². The highest BCUT2D eigenvalue weighted by molar-refractivity contribution is 8.17. The minimum atomic E-state index is -0.586. The lowest BCUT2D eigenvalue weighted by molar-refractivity contribution is 0.195. The van der Waals surface area contributed by atoms with E-state index in [2.05, 4.69) is 25.8 Å². The van der Waals surface area contributed by atoms with Gasteiger partial charge in [-0.1, -0.05) is 50.7 Å². The second-order valence-corrected chi connectivity index (χ2v) is 9.53. The van der Waals surface area contributed by atoms with Gasteiger partial charge in [-0.3, -0.25) is 0 Å². The fraction of sp³-hybridized carbons (Fsp3) is 0.389. The number of aliphatic hydroxyl groups excluding tert-OH is 1. The summed E-state index contributed by atoms with van der Waals surface area (Å²) in [7, 11) is 1.64. The summed E-state index contributed by atoms with van der Waals surface area (Å²) >= 11 is 3.35. The van der Waals surface area contributed by atoms with Gasteiger partial charge in [-0.15, -0.1) is 11.8 Å². The van der Waals surface area contributed by atoms with Crippen molar-refractivity contribution in [1.29, 1.82) is 0 Å². The third-order valence-electron chi connectivity index (χ3n) is 3.06. The van der Waals surface area contributed by atoms with Crippen LogP contribution in [0.25, 0.3) is 0 Å². The van der Waals surface area contributed by atoms with Gasteiger partial charge in [0.25, 0.3) is 0 Å². The molecule has 0 saturated carbocycles. The van der Waals surface area contributed by atoms with Gasteiger partial charge in [0.15, 0.2) is 0 Å². The van der Waals surface area contributed by atoms with Crippen LogP contribution in [-0.2, 0) is 0 Å². The Morgan fingerprint density at radius 2 is 1.78 bits per heavy atom. The van der Waals surface area contributed by atoms with Crippen LogP contribution in [0.1, 0.15) is 32.4 Å². The van der Waals surface area contributed by atoms with E-state index in [4.69, 9.17) is 4.74 Å². The maximum Gasteiger partial charge on any atom is 0.118 e. The molecular weight excluding hydrogens is 326 g/mol. The van der Waals surface area contributed by atoms with E-state index in [0.717, 1.165) is 16.3 Å². The van der Waals surface area contributed by atoms with Gasteiger partial charge < -0.3 is 9.84 Å². The summed E-state index contributed by atoms with van der Waals surface area (Å²) in [6, 6.07) is 13.4. The summed E-state index contributed by atoms with van der Waals surface area (Å²) in [4.78, 5) is 4.37. The first-order chi connectivity index (χ1) is 10.9. The van der Waals surface area contributed by atoms with Crippen molar-refractivity contribution in [1.82, 2.24) is 4.98 Å². The van der Waals surface area contributed by atoms with Crippen molar-refractivity contribution >= 4 is 23.5 Å². The predicted molar refractivity (Wildman–Crippen MR) is 99.2 cm³/mol. The molecular formula is C18H23NO2S2. The predicted octanol–water partition coefficient (Wildman–Crippen LogP) is 4.77. The molecule has 0 saturated heterocycles. The highest BCUT2D eigenvalue weighted by Gasteiger charge is 2.28. The highest BCUT2D eigenvalue weighted by atomic mass is 32.2.